The Hall–Kier alpha value is -2.12. The maximum Gasteiger partial charge on any atom is 0.137 e. The predicted octanol–water partition coefficient (Wildman–Crippen LogP) is -0.734. The van der Waals surface area contributed by atoms with Crippen molar-refractivity contribution in [2.24, 2.45) is 0 Å². The zero-order valence-electron chi connectivity index (χ0n) is 18.1. The van der Waals surface area contributed by atoms with Gasteiger partial charge >= 0.3 is 0 Å². The van der Waals surface area contributed by atoms with Crippen LogP contribution in [0, 0.1) is 13.8 Å². The Labute approximate surface area is 179 Å². The van der Waals surface area contributed by atoms with Crippen molar-refractivity contribution in [3.05, 3.63) is 59.7 Å². The summed E-state index contributed by atoms with van der Waals surface area (Å²) in [4.78, 5) is 2.79. The Morgan fingerprint density at radius 3 is 1.50 bits per heavy atom. The molecule has 0 aliphatic carbocycles. The summed E-state index contributed by atoms with van der Waals surface area (Å²) in [7, 11) is 0. The third-order valence-corrected chi connectivity index (χ3v) is 5.58. The van der Waals surface area contributed by atoms with Gasteiger partial charge < -0.3 is 29.5 Å². The van der Waals surface area contributed by atoms with E-state index in [1.807, 2.05) is 62.4 Å². The Bertz CT molecular complexity index is 712. The van der Waals surface area contributed by atoms with Crippen LogP contribution < -0.4 is 19.3 Å². The molecule has 1 saturated heterocycles. The van der Waals surface area contributed by atoms with Gasteiger partial charge in [-0.2, -0.15) is 0 Å². The average Bonchev–Trinajstić information content (AvgIpc) is 2.72. The third-order valence-electron chi connectivity index (χ3n) is 5.58. The van der Waals surface area contributed by atoms with Crippen molar-refractivity contribution in [1.82, 2.24) is 0 Å². The summed E-state index contributed by atoms with van der Waals surface area (Å²) in [6, 6.07) is 15.8. The minimum atomic E-state index is -0.476. The van der Waals surface area contributed by atoms with Crippen LogP contribution in [0.3, 0.4) is 0 Å². The van der Waals surface area contributed by atoms with E-state index in [0.29, 0.717) is 26.3 Å². The second kappa shape index (κ2) is 11.3. The van der Waals surface area contributed by atoms with Gasteiger partial charge in [-0.05, 0) is 49.2 Å². The normalized spacial score (nSPS) is 21.1. The van der Waals surface area contributed by atoms with Gasteiger partial charge in [0.25, 0.3) is 0 Å². The highest BCUT2D eigenvalue weighted by molar-refractivity contribution is 5.28. The van der Waals surface area contributed by atoms with Crippen LogP contribution in [0.2, 0.25) is 0 Å². The van der Waals surface area contributed by atoms with Crippen molar-refractivity contribution in [2.75, 3.05) is 52.5 Å². The van der Waals surface area contributed by atoms with Crippen LogP contribution in [0.25, 0.3) is 0 Å². The van der Waals surface area contributed by atoms with Crippen LogP contribution in [0.4, 0.5) is 0 Å². The molecule has 2 aromatic rings. The number of ether oxygens (including phenoxy) is 2. The van der Waals surface area contributed by atoms with Crippen molar-refractivity contribution >= 4 is 0 Å². The number of aryl methyl sites for hydroxylation is 2. The standard InChI is InChI=1S/C24H34N2O4/c1-19-5-3-7-23(13-19)29-17-21(27)15-25-9-11-26(12-10-25)16-22(28)18-30-24-8-4-6-20(2)14-24/h3-8,13-14,21-22,27-28H,9-12,15-18H2,1-2H3/p+2/t21-,22-/m1/s1. The van der Waals surface area contributed by atoms with Gasteiger partial charge in [0.15, 0.2) is 0 Å². The molecule has 0 radical (unpaired) electrons. The molecule has 3 rings (SSSR count). The number of piperazine rings is 1. The van der Waals surface area contributed by atoms with Crippen LogP contribution in [-0.4, -0.2) is 74.9 Å². The molecule has 1 fully saturated rings. The fourth-order valence-electron chi connectivity index (χ4n) is 3.94. The molecule has 6 heteroatoms. The van der Waals surface area contributed by atoms with Gasteiger partial charge in [0.2, 0.25) is 0 Å². The largest absolute Gasteiger partial charge is 0.491 e. The predicted molar refractivity (Wildman–Crippen MR) is 116 cm³/mol. The Kier molecular flexibility index (Phi) is 8.51. The molecule has 1 aliphatic heterocycles. The van der Waals surface area contributed by atoms with Crippen molar-refractivity contribution in [3.63, 3.8) is 0 Å². The molecule has 1 aliphatic rings. The first-order valence-electron chi connectivity index (χ1n) is 10.9. The summed E-state index contributed by atoms with van der Waals surface area (Å²) < 4.78 is 11.4. The van der Waals surface area contributed by atoms with Crippen LogP contribution in [-0.2, 0) is 0 Å². The molecule has 6 nitrogen and oxygen atoms in total. The quantitative estimate of drug-likeness (QED) is 0.412. The van der Waals surface area contributed by atoms with Gasteiger partial charge in [-0.15, -0.1) is 0 Å². The first kappa shape index (κ1) is 22.6. The van der Waals surface area contributed by atoms with Gasteiger partial charge in [0.05, 0.1) is 0 Å². The first-order chi connectivity index (χ1) is 14.5. The summed E-state index contributed by atoms with van der Waals surface area (Å²) in [5.41, 5.74) is 2.30. The van der Waals surface area contributed by atoms with Crippen molar-refractivity contribution in [3.8, 4) is 11.5 Å². The summed E-state index contributed by atoms with van der Waals surface area (Å²) >= 11 is 0. The number of aliphatic hydroxyl groups excluding tert-OH is 2. The van der Waals surface area contributed by atoms with E-state index in [1.165, 1.54) is 9.80 Å². The smallest absolute Gasteiger partial charge is 0.137 e. The summed E-state index contributed by atoms with van der Waals surface area (Å²) in [5.74, 6) is 1.61. The number of aliphatic hydroxyl groups is 2. The topological polar surface area (TPSA) is 67.8 Å². The van der Waals surface area contributed by atoms with E-state index in [9.17, 15) is 10.2 Å². The van der Waals surface area contributed by atoms with Crippen molar-refractivity contribution < 1.29 is 29.5 Å². The minimum absolute atomic E-state index is 0.318. The van der Waals surface area contributed by atoms with Gasteiger partial charge in [-0.25, -0.2) is 0 Å². The van der Waals surface area contributed by atoms with E-state index < -0.39 is 12.2 Å². The zero-order valence-corrected chi connectivity index (χ0v) is 18.1. The highest BCUT2D eigenvalue weighted by atomic mass is 16.5. The Morgan fingerprint density at radius 2 is 1.13 bits per heavy atom. The highest BCUT2D eigenvalue weighted by Crippen LogP contribution is 2.13. The number of hydrogen-bond acceptors (Lipinski definition) is 4. The molecule has 4 N–H and O–H groups in total. The van der Waals surface area contributed by atoms with Crippen LogP contribution in [0.15, 0.2) is 48.5 Å². The third kappa shape index (κ3) is 7.61. The Morgan fingerprint density at radius 1 is 0.733 bits per heavy atom. The molecule has 164 valence electrons. The van der Waals surface area contributed by atoms with Gasteiger partial charge in [0, 0.05) is 0 Å². The van der Waals surface area contributed by atoms with E-state index in [1.54, 1.807) is 0 Å². The van der Waals surface area contributed by atoms with Gasteiger partial charge in [-0.1, -0.05) is 24.3 Å². The lowest BCUT2D eigenvalue weighted by molar-refractivity contribution is -1.01. The molecular formula is C24H36N2O4+2. The number of rotatable bonds is 10. The maximum absolute atomic E-state index is 10.3. The van der Waals surface area contributed by atoms with E-state index in [4.69, 9.17) is 9.47 Å². The molecule has 0 spiro atoms. The lowest BCUT2D eigenvalue weighted by Crippen LogP contribution is -3.29. The van der Waals surface area contributed by atoms with E-state index >= 15 is 0 Å². The molecule has 30 heavy (non-hydrogen) atoms. The second-order valence-electron chi connectivity index (χ2n) is 8.47. The number of hydrogen-bond donors (Lipinski definition) is 4. The van der Waals surface area contributed by atoms with E-state index in [-0.39, 0.29) is 0 Å². The molecule has 0 amide bonds. The summed E-state index contributed by atoms with van der Waals surface area (Å²) in [6.45, 7) is 10.0. The van der Waals surface area contributed by atoms with Crippen LogP contribution in [0.1, 0.15) is 11.1 Å². The van der Waals surface area contributed by atoms with Gasteiger partial charge in [-0.3, -0.25) is 0 Å². The zero-order chi connectivity index (χ0) is 21.3. The van der Waals surface area contributed by atoms with Crippen LogP contribution in [0.5, 0.6) is 11.5 Å². The first-order valence-corrected chi connectivity index (χ1v) is 10.9. The lowest BCUT2D eigenvalue weighted by atomic mass is 10.2. The maximum atomic E-state index is 10.3. The van der Waals surface area contributed by atoms with Crippen molar-refractivity contribution in [1.29, 1.82) is 0 Å². The fourth-order valence-corrected chi connectivity index (χ4v) is 3.94. The molecule has 1 heterocycles. The molecule has 2 atom stereocenters. The average molecular weight is 417 g/mol. The van der Waals surface area contributed by atoms with Crippen molar-refractivity contribution in [2.45, 2.75) is 26.1 Å². The number of benzene rings is 2. The molecule has 0 saturated carbocycles. The molecular weight excluding hydrogens is 380 g/mol. The SMILES string of the molecule is Cc1cccc(OC[C@H](O)C[NH+]2CC[NH+](C[C@@H](O)COc3cccc(C)c3)CC2)c1. The van der Waals surface area contributed by atoms with E-state index in [0.717, 1.165) is 48.8 Å². The monoisotopic (exact) mass is 416 g/mol. The highest BCUT2D eigenvalue weighted by Gasteiger charge is 2.26. The van der Waals surface area contributed by atoms with E-state index in [2.05, 4.69) is 0 Å². The lowest BCUT2D eigenvalue weighted by Gasteiger charge is -2.31. The second-order valence-corrected chi connectivity index (χ2v) is 8.47. The summed E-state index contributed by atoms with van der Waals surface area (Å²) in [6.07, 6.45) is -0.953. The number of nitrogens with one attached hydrogen (secondary N) is 2. The molecule has 0 bridgehead atoms. The van der Waals surface area contributed by atoms with Crippen LogP contribution >= 0.6 is 0 Å². The molecule has 0 unspecified atom stereocenters. The summed E-state index contributed by atoms with van der Waals surface area (Å²) in [5, 5.41) is 20.7. The fraction of sp³-hybridized carbons (Fsp3) is 0.500. The Balaban J connectivity index is 1.31. The molecule has 0 aromatic heterocycles. The molecule has 2 aromatic carbocycles. The van der Waals surface area contributed by atoms with Gasteiger partial charge in [0.1, 0.15) is 76.2 Å². The minimum Gasteiger partial charge on any atom is -0.491 e. The number of quaternary nitrogens is 2.